The van der Waals surface area contributed by atoms with Crippen LogP contribution in [0.1, 0.15) is 40.0 Å². The van der Waals surface area contributed by atoms with Gasteiger partial charge >= 0.3 is 0 Å². The van der Waals surface area contributed by atoms with E-state index >= 15 is 0 Å². The molecule has 2 fully saturated rings. The zero-order valence-corrected chi connectivity index (χ0v) is 12.4. The van der Waals surface area contributed by atoms with E-state index in [1.807, 2.05) is 0 Å². The van der Waals surface area contributed by atoms with Crippen LogP contribution in [0, 0.1) is 11.8 Å². The Morgan fingerprint density at radius 3 is 2.44 bits per heavy atom. The van der Waals surface area contributed by atoms with E-state index in [4.69, 9.17) is 0 Å². The summed E-state index contributed by atoms with van der Waals surface area (Å²) in [5.74, 6) is 1.76. The van der Waals surface area contributed by atoms with Gasteiger partial charge < -0.3 is 0 Å². The maximum Gasteiger partial charge on any atom is 0.0273 e. The first-order chi connectivity index (χ1) is 8.63. The average Bonchev–Trinajstić information content (AvgIpc) is 2.79. The Hall–Kier alpha value is -0.340. The second-order valence-corrected chi connectivity index (χ2v) is 6.55. The molecular weight excluding hydrogens is 220 g/mol. The van der Waals surface area contributed by atoms with Crippen LogP contribution in [0.3, 0.4) is 0 Å². The number of hydrogen-bond acceptors (Lipinski definition) is 2. The molecule has 0 aromatic rings. The highest BCUT2D eigenvalue weighted by Crippen LogP contribution is 2.27. The van der Waals surface area contributed by atoms with E-state index in [1.54, 1.807) is 0 Å². The molecule has 0 amide bonds. The molecule has 2 nitrogen and oxygen atoms in total. The highest BCUT2D eigenvalue weighted by atomic mass is 15.3. The van der Waals surface area contributed by atoms with Crippen LogP contribution in [0.15, 0.2) is 12.7 Å². The number of hydrogen-bond donors (Lipinski definition) is 0. The van der Waals surface area contributed by atoms with Crippen molar-refractivity contribution in [2.75, 3.05) is 26.2 Å². The third kappa shape index (κ3) is 3.16. The largest absolute Gasteiger partial charge is 0.299 e. The molecule has 104 valence electrons. The van der Waals surface area contributed by atoms with Crippen LogP contribution in [0.4, 0.5) is 0 Å². The van der Waals surface area contributed by atoms with E-state index in [0.29, 0.717) is 6.04 Å². The van der Waals surface area contributed by atoms with E-state index in [2.05, 4.69) is 43.2 Å². The van der Waals surface area contributed by atoms with Crippen LogP contribution in [0.2, 0.25) is 0 Å². The lowest BCUT2D eigenvalue weighted by Gasteiger charge is -2.39. The average molecular weight is 250 g/mol. The molecule has 0 aliphatic carbocycles. The van der Waals surface area contributed by atoms with E-state index in [-0.39, 0.29) is 0 Å². The van der Waals surface area contributed by atoms with Gasteiger partial charge in [0.1, 0.15) is 0 Å². The van der Waals surface area contributed by atoms with Gasteiger partial charge in [-0.05, 0) is 31.1 Å². The van der Waals surface area contributed by atoms with Crippen molar-refractivity contribution in [1.29, 1.82) is 0 Å². The molecule has 2 aliphatic heterocycles. The standard InChI is InChI=1S/C16H30N2/c1-5-15(6-2)17-8-7-16(12-17)18-10-13(3)9-14(4)11-18/h5,13-16H,1,6-12H2,2-4H3/t13?,14?,15-,16?/m0/s1. The van der Waals surface area contributed by atoms with Crippen molar-refractivity contribution in [3.05, 3.63) is 12.7 Å². The lowest BCUT2D eigenvalue weighted by atomic mass is 9.91. The SMILES string of the molecule is C=C[C@@H](CC)N1CCC(N2CC(C)CC(C)C2)C1. The van der Waals surface area contributed by atoms with Crippen molar-refractivity contribution in [2.24, 2.45) is 11.8 Å². The van der Waals surface area contributed by atoms with E-state index < -0.39 is 0 Å². The van der Waals surface area contributed by atoms with Crippen molar-refractivity contribution in [3.8, 4) is 0 Å². The summed E-state index contributed by atoms with van der Waals surface area (Å²) in [6, 6.07) is 1.39. The molecule has 0 N–H and O–H groups in total. The summed E-state index contributed by atoms with van der Waals surface area (Å²) in [5, 5.41) is 0. The number of nitrogens with zero attached hydrogens (tertiary/aromatic N) is 2. The second-order valence-electron chi connectivity index (χ2n) is 6.55. The molecule has 18 heavy (non-hydrogen) atoms. The van der Waals surface area contributed by atoms with Crippen LogP contribution in [-0.2, 0) is 0 Å². The molecule has 3 unspecified atom stereocenters. The van der Waals surface area contributed by atoms with Gasteiger partial charge in [0, 0.05) is 38.3 Å². The van der Waals surface area contributed by atoms with Crippen molar-refractivity contribution in [1.82, 2.24) is 9.80 Å². The summed E-state index contributed by atoms with van der Waals surface area (Å²) in [5.41, 5.74) is 0. The zero-order valence-electron chi connectivity index (χ0n) is 12.4. The maximum absolute atomic E-state index is 3.98. The quantitative estimate of drug-likeness (QED) is 0.708. The van der Waals surface area contributed by atoms with Gasteiger partial charge in [0.15, 0.2) is 0 Å². The van der Waals surface area contributed by atoms with E-state index in [9.17, 15) is 0 Å². The molecule has 2 heterocycles. The summed E-state index contributed by atoms with van der Waals surface area (Å²) in [7, 11) is 0. The first-order valence-corrected chi connectivity index (χ1v) is 7.74. The smallest absolute Gasteiger partial charge is 0.0273 e. The molecule has 2 saturated heterocycles. The summed E-state index contributed by atoms with van der Waals surface area (Å²) in [4.78, 5) is 5.39. The minimum absolute atomic E-state index is 0.592. The molecule has 0 aromatic heterocycles. The Labute approximate surface area is 113 Å². The number of likely N-dealkylation sites (tertiary alicyclic amines) is 2. The predicted octanol–water partition coefficient (Wildman–Crippen LogP) is 3.00. The fraction of sp³-hybridized carbons (Fsp3) is 0.875. The van der Waals surface area contributed by atoms with Crippen LogP contribution in [0.25, 0.3) is 0 Å². The van der Waals surface area contributed by atoms with Crippen LogP contribution in [0.5, 0.6) is 0 Å². The van der Waals surface area contributed by atoms with Gasteiger partial charge in [-0.25, -0.2) is 0 Å². The van der Waals surface area contributed by atoms with E-state index in [1.165, 1.54) is 45.4 Å². The first-order valence-electron chi connectivity index (χ1n) is 7.74. The van der Waals surface area contributed by atoms with Gasteiger partial charge in [-0.1, -0.05) is 26.8 Å². The van der Waals surface area contributed by atoms with Crippen molar-refractivity contribution in [3.63, 3.8) is 0 Å². The zero-order chi connectivity index (χ0) is 13.1. The molecule has 0 spiro atoms. The molecular formula is C16H30N2. The highest BCUT2D eigenvalue weighted by molar-refractivity contribution is 4.94. The third-order valence-electron chi connectivity index (χ3n) is 4.77. The molecule has 0 bridgehead atoms. The molecule has 0 aromatic carbocycles. The molecule has 2 heteroatoms. The highest BCUT2D eigenvalue weighted by Gasteiger charge is 2.33. The van der Waals surface area contributed by atoms with Crippen molar-refractivity contribution in [2.45, 2.75) is 52.1 Å². The molecule has 2 aliphatic rings. The number of piperidine rings is 1. The fourth-order valence-electron chi connectivity index (χ4n) is 3.95. The Balaban J connectivity index is 1.90. The van der Waals surface area contributed by atoms with Crippen molar-refractivity contribution < 1.29 is 0 Å². The normalized spacial score (nSPS) is 36.7. The molecule has 0 radical (unpaired) electrons. The minimum Gasteiger partial charge on any atom is -0.299 e. The third-order valence-corrected chi connectivity index (χ3v) is 4.77. The van der Waals surface area contributed by atoms with Crippen LogP contribution < -0.4 is 0 Å². The van der Waals surface area contributed by atoms with Crippen LogP contribution in [-0.4, -0.2) is 48.1 Å². The lowest BCUT2D eigenvalue weighted by Crippen LogP contribution is -2.46. The van der Waals surface area contributed by atoms with Crippen LogP contribution >= 0.6 is 0 Å². The minimum atomic E-state index is 0.592. The number of rotatable bonds is 4. The Bertz CT molecular complexity index is 266. The van der Waals surface area contributed by atoms with Gasteiger partial charge in [-0.2, -0.15) is 0 Å². The Kier molecular flexibility index (Phi) is 4.85. The molecule has 2 rings (SSSR count). The Morgan fingerprint density at radius 2 is 1.89 bits per heavy atom. The monoisotopic (exact) mass is 250 g/mol. The summed E-state index contributed by atoms with van der Waals surface area (Å²) >= 11 is 0. The Morgan fingerprint density at radius 1 is 1.22 bits per heavy atom. The van der Waals surface area contributed by atoms with Gasteiger partial charge in [0.25, 0.3) is 0 Å². The summed E-state index contributed by atoms with van der Waals surface area (Å²) in [6.45, 7) is 16.2. The first kappa shape index (κ1) is 14.1. The fourth-order valence-corrected chi connectivity index (χ4v) is 3.95. The second kappa shape index (κ2) is 6.21. The lowest BCUT2D eigenvalue weighted by molar-refractivity contribution is 0.0955. The maximum atomic E-state index is 3.98. The predicted molar refractivity (Wildman–Crippen MR) is 78.8 cm³/mol. The van der Waals surface area contributed by atoms with Gasteiger partial charge in [0.2, 0.25) is 0 Å². The van der Waals surface area contributed by atoms with Gasteiger partial charge in [-0.15, -0.1) is 6.58 Å². The molecule has 4 atom stereocenters. The van der Waals surface area contributed by atoms with E-state index in [0.717, 1.165) is 17.9 Å². The van der Waals surface area contributed by atoms with Gasteiger partial charge in [0.05, 0.1) is 0 Å². The van der Waals surface area contributed by atoms with Crippen molar-refractivity contribution >= 4 is 0 Å². The van der Waals surface area contributed by atoms with Gasteiger partial charge in [-0.3, -0.25) is 9.80 Å². The summed E-state index contributed by atoms with van der Waals surface area (Å²) in [6.07, 6.45) is 6.09. The molecule has 0 saturated carbocycles. The summed E-state index contributed by atoms with van der Waals surface area (Å²) < 4.78 is 0. The topological polar surface area (TPSA) is 6.48 Å².